The van der Waals surface area contributed by atoms with Crippen LogP contribution in [0.5, 0.6) is 11.5 Å². The summed E-state index contributed by atoms with van der Waals surface area (Å²) >= 11 is 0. The zero-order chi connectivity index (χ0) is 25.2. The maximum absolute atomic E-state index is 14.1. The predicted molar refractivity (Wildman–Crippen MR) is 135 cm³/mol. The van der Waals surface area contributed by atoms with Crippen molar-refractivity contribution in [3.8, 4) is 22.6 Å². The number of hydrogen-bond donors (Lipinski definition) is 4. The molecule has 1 aliphatic heterocycles. The van der Waals surface area contributed by atoms with E-state index in [1.54, 1.807) is 48.5 Å². The summed E-state index contributed by atoms with van der Waals surface area (Å²) in [7, 11) is 0. The lowest BCUT2D eigenvalue weighted by atomic mass is 9.77. The Morgan fingerprint density at radius 3 is 2.31 bits per heavy atom. The van der Waals surface area contributed by atoms with Crippen molar-refractivity contribution in [3.05, 3.63) is 119 Å². The predicted octanol–water partition coefficient (Wildman–Crippen LogP) is 5.52. The van der Waals surface area contributed by atoms with Gasteiger partial charge in [-0.25, -0.2) is 4.39 Å². The van der Waals surface area contributed by atoms with Gasteiger partial charge < -0.3 is 20.6 Å². The van der Waals surface area contributed by atoms with Gasteiger partial charge in [0.25, 0.3) is 0 Å². The molecule has 36 heavy (non-hydrogen) atoms. The van der Waals surface area contributed by atoms with Crippen molar-refractivity contribution in [2.45, 2.75) is 30.9 Å². The lowest BCUT2D eigenvalue weighted by Crippen LogP contribution is -2.50. The van der Waals surface area contributed by atoms with E-state index >= 15 is 0 Å². The monoisotopic (exact) mass is 483 g/mol. The second-order valence-corrected chi connectivity index (χ2v) is 9.03. The molecular weight excluding hydrogens is 457 g/mol. The zero-order valence-electron chi connectivity index (χ0n) is 19.4. The zero-order valence-corrected chi connectivity index (χ0v) is 19.4. The van der Waals surface area contributed by atoms with Crippen molar-refractivity contribution in [2.75, 3.05) is 0 Å². The third kappa shape index (κ3) is 4.43. The summed E-state index contributed by atoms with van der Waals surface area (Å²) in [6.45, 7) is 0. The second kappa shape index (κ2) is 9.84. The molecule has 1 aliphatic rings. The maximum atomic E-state index is 14.1. The number of amides is 1. The second-order valence-electron chi connectivity index (χ2n) is 9.03. The Morgan fingerprint density at radius 1 is 0.833 bits per heavy atom. The molecule has 5 rings (SSSR count). The Morgan fingerprint density at radius 2 is 1.56 bits per heavy atom. The van der Waals surface area contributed by atoms with Crippen molar-refractivity contribution in [3.63, 3.8) is 0 Å². The quantitative estimate of drug-likeness (QED) is 0.261. The molecule has 1 heterocycles. The maximum Gasteiger partial charge on any atom is 0.230 e. The molecule has 0 unspecified atom stereocenters. The Labute approximate surface area is 208 Å². The molecule has 0 bridgehead atoms. The van der Waals surface area contributed by atoms with Gasteiger partial charge in [-0.15, -0.1) is 0 Å². The first kappa shape index (κ1) is 23.6. The van der Waals surface area contributed by atoms with Gasteiger partial charge in [-0.3, -0.25) is 4.79 Å². The van der Waals surface area contributed by atoms with E-state index in [4.69, 9.17) is 0 Å². The molecule has 4 aromatic carbocycles. The van der Waals surface area contributed by atoms with Crippen molar-refractivity contribution >= 4 is 5.91 Å². The lowest BCUT2D eigenvalue weighted by molar-refractivity contribution is -0.131. The first-order chi connectivity index (χ1) is 17.4. The standard InChI is InChI=1S/C30H26FNO4/c31-24-11-5-3-10-22(24)26(34)16-14-18-7-1-2-9-21(18)28-29(32-30(28)36)23-15-13-19(17-27(23)35)20-8-4-6-12-25(20)33/h1-13,15,17,26,28-29,33-35H,14,16H2,(H,32,36)/t26-,28+,29+/m0/s1. The fourth-order valence-corrected chi connectivity index (χ4v) is 4.91. The number of para-hydroxylation sites is 1. The van der Waals surface area contributed by atoms with Gasteiger partial charge >= 0.3 is 0 Å². The highest BCUT2D eigenvalue weighted by Crippen LogP contribution is 2.44. The van der Waals surface area contributed by atoms with E-state index in [0.717, 1.165) is 11.1 Å². The SMILES string of the molecule is O=C1N[C@H](c2ccc(-c3ccccc3O)cc2O)[C@H]1c1ccccc1CC[C@H](O)c1ccccc1F. The molecule has 0 spiro atoms. The molecular formula is C30H26FNO4. The number of nitrogens with one attached hydrogen (secondary N) is 1. The lowest BCUT2D eigenvalue weighted by Gasteiger charge is -2.38. The number of carbonyl (C=O) groups excluding carboxylic acids is 1. The molecule has 0 saturated carbocycles. The normalized spacial score (nSPS) is 17.8. The summed E-state index contributed by atoms with van der Waals surface area (Å²) in [4.78, 5) is 12.7. The van der Waals surface area contributed by atoms with Gasteiger partial charge in [0, 0.05) is 16.7 Å². The minimum atomic E-state index is -0.962. The van der Waals surface area contributed by atoms with Gasteiger partial charge in [0.2, 0.25) is 5.91 Å². The number of rotatable bonds is 7. The van der Waals surface area contributed by atoms with Gasteiger partial charge in [0.1, 0.15) is 17.3 Å². The highest BCUT2D eigenvalue weighted by molar-refractivity contribution is 5.92. The van der Waals surface area contributed by atoms with E-state index in [2.05, 4.69) is 5.32 Å². The van der Waals surface area contributed by atoms with E-state index in [1.807, 2.05) is 36.4 Å². The Bertz CT molecular complexity index is 1420. The smallest absolute Gasteiger partial charge is 0.230 e. The van der Waals surface area contributed by atoms with Gasteiger partial charge in [0.05, 0.1) is 18.1 Å². The third-order valence-corrected chi connectivity index (χ3v) is 6.84. The molecule has 4 N–H and O–H groups in total. The summed E-state index contributed by atoms with van der Waals surface area (Å²) in [6, 6.07) is 25.3. The number of aryl methyl sites for hydroxylation is 1. The summed E-state index contributed by atoms with van der Waals surface area (Å²) in [5.41, 5.74) is 3.81. The summed E-state index contributed by atoms with van der Waals surface area (Å²) in [5.74, 6) is -0.955. The first-order valence-corrected chi connectivity index (χ1v) is 11.9. The van der Waals surface area contributed by atoms with E-state index in [9.17, 15) is 24.5 Å². The van der Waals surface area contributed by atoms with Gasteiger partial charge in [-0.2, -0.15) is 0 Å². The Balaban J connectivity index is 1.38. The van der Waals surface area contributed by atoms with Crippen LogP contribution in [0, 0.1) is 5.82 Å². The Hall–Kier alpha value is -4.16. The van der Waals surface area contributed by atoms with E-state index in [0.29, 0.717) is 29.5 Å². The number of aliphatic hydroxyl groups is 1. The number of phenols is 2. The number of aliphatic hydroxyl groups excluding tert-OH is 1. The van der Waals surface area contributed by atoms with Crippen LogP contribution in [0.1, 0.15) is 46.7 Å². The fourth-order valence-electron chi connectivity index (χ4n) is 4.91. The molecule has 0 radical (unpaired) electrons. The number of benzene rings is 4. The minimum Gasteiger partial charge on any atom is -0.508 e. The number of β-lactam (4-membered cyclic amide) rings is 1. The molecule has 1 amide bonds. The Kier molecular flexibility index (Phi) is 6.44. The van der Waals surface area contributed by atoms with E-state index in [1.165, 1.54) is 6.07 Å². The fraction of sp³-hybridized carbons (Fsp3) is 0.167. The van der Waals surface area contributed by atoms with Crippen molar-refractivity contribution < 1.29 is 24.5 Å². The van der Waals surface area contributed by atoms with Crippen molar-refractivity contribution in [2.24, 2.45) is 0 Å². The topological polar surface area (TPSA) is 89.8 Å². The summed E-state index contributed by atoms with van der Waals surface area (Å²) in [5, 5.41) is 34.4. The molecule has 0 aromatic heterocycles. The van der Waals surface area contributed by atoms with E-state index in [-0.39, 0.29) is 23.0 Å². The van der Waals surface area contributed by atoms with Crippen LogP contribution in [0.25, 0.3) is 11.1 Å². The van der Waals surface area contributed by atoms with Crippen LogP contribution < -0.4 is 5.32 Å². The number of hydrogen-bond acceptors (Lipinski definition) is 4. The number of carbonyl (C=O) groups is 1. The van der Waals surface area contributed by atoms with Gasteiger partial charge in [-0.1, -0.05) is 72.8 Å². The molecule has 5 nitrogen and oxygen atoms in total. The van der Waals surface area contributed by atoms with Crippen LogP contribution in [0.15, 0.2) is 91.0 Å². The van der Waals surface area contributed by atoms with Crippen LogP contribution in [0.4, 0.5) is 4.39 Å². The summed E-state index contributed by atoms with van der Waals surface area (Å²) < 4.78 is 14.1. The molecule has 1 fully saturated rings. The van der Waals surface area contributed by atoms with Crippen LogP contribution in [-0.4, -0.2) is 21.2 Å². The van der Waals surface area contributed by atoms with E-state index < -0.39 is 23.9 Å². The van der Waals surface area contributed by atoms with Crippen molar-refractivity contribution in [1.29, 1.82) is 0 Å². The number of aromatic hydroxyl groups is 2. The average Bonchev–Trinajstić information content (AvgIpc) is 2.87. The van der Waals surface area contributed by atoms with Gasteiger partial charge in [0.15, 0.2) is 0 Å². The van der Waals surface area contributed by atoms with Gasteiger partial charge in [-0.05, 0) is 47.7 Å². The molecule has 4 aromatic rings. The first-order valence-electron chi connectivity index (χ1n) is 11.9. The number of halogens is 1. The highest BCUT2D eigenvalue weighted by atomic mass is 19.1. The van der Waals surface area contributed by atoms with Crippen molar-refractivity contribution in [1.82, 2.24) is 5.32 Å². The van der Waals surface area contributed by atoms with Crippen LogP contribution in [-0.2, 0) is 11.2 Å². The molecule has 1 saturated heterocycles. The van der Waals surface area contributed by atoms with Crippen LogP contribution in [0.2, 0.25) is 0 Å². The largest absolute Gasteiger partial charge is 0.508 e. The van der Waals surface area contributed by atoms with Crippen LogP contribution in [0.3, 0.4) is 0 Å². The molecule has 6 heteroatoms. The molecule has 3 atom stereocenters. The minimum absolute atomic E-state index is 0.0261. The molecule has 0 aliphatic carbocycles. The number of phenolic OH excluding ortho intramolecular Hbond substituents is 2. The average molecular weight is 484 g/mol. The molecule has 182 valence electrons. The highest BCUT2D eigenvalue weighted by Gasteiger charge is 2.43. The summed E-state index contributed by atoms with van der Waals surface area (Å²) in [6.07, 6.45) is -0.200. The third-order valence-electron chi connectivity index (χ3n) is 6.84. The van der Waals surface area contributed by atoms with Crippen LogP contribution >= 0.6 is 0 Å².